The van der Waals surface area contributed by atoms with Gasteiger partial charge in [-0.15, -0.1) is 0 Å². The number of aliphatic hydroxyl groups is 8. The van der Waals surface area contributed by atoms with Crippen LogP contribution in [-0.2, 0) is 19.0 Å². The number of rotatable bonds is 7. The monoisotopic (exact) mass is 700 g/mol. The van der Waals surface area contributed by atoms with Crippen LogP contribution in [0.15, 0.2) is 0 Å². The summed E-state index contributed by atoms with van der Waals surface area (Å²) in [5.74, 6) is -1.33. The second kappa shape index (κ2) is 12.6. The molecule has 0 spiro atoms. The van der Waals surface area contributed by atoms with E-state index in [1.807, 2.05) is 6.92 Å². The molecule has 0 radical (unpaired) electrons. The molecule has 13 nitrogen and oxygen atoms in total. The first-order valence-corrected chi connectivity index (χ1v) is 18.3. The van der Waals surface area contributed by atoms with Crippen LogP contribution < -0.4 is 0 Å². The molecule has 282 valence electrons. The van der Waals surface area contributed by atoms with Crippen LogP contribution in [0.5, 0.6) is 0 Å². The number of hydrogen-bond donors (Lipinski definition) is 9. The number of carboxylic acid groups (broad SMARTS) is 1. The summed E-state index contributed by atoms with van der Waals surface area (Å²) in [6, 6.07) is 0. The molecule has 9 N–H and O–H groups in total. The highest BCUT2D eigenvalue weighted by Crippen LogP contribution is 2.76. The molecule has 0 bridgehead atoms. The van der Waals surface area contributed by atoms with Gasteiger partial charge >= 0.3 is 5.97 Å². The number of ether oxygens (including phenoxy) is 3. The van der Waals surface area contributed by atoms with Crippen molar-refractivity contribution in [2.75, 3.05) is 19.8 Å². The predicted octanol–water partition coefficient (Wildman–Crippen LogP) is 0.546. The molecule has 49 heavy (non-hydrogen) atoms. The molecule has 2 heterocycles. The van der Waals surface area contributed by atoms with E-state index in [1.165, 1.54) is 6.92 Å². The van der Waals surface area contributed by atoms with Gasteiger partial charge in [0.25, 0.3) is 0 Å². The molecule has 0 amide bonds. The number of aliphatic carboxylic acids is 1. The van der Waals surface area contributed by atoms with E-state index in [1.54, 1.807) is 0 Å². The third-order valence-corrected chi connectivity index (χ3v) is 15.8. The average molecular weight is 701 g/mol. The van der Waals surface area contributed by atoms with Gasteiger partial charge in [-0.25, -0.2) is 4.79 Å². The fraction of sp³-hybridized carbons (Fsp3) is 0.972. The molecular weight excluding hydrogens is 640 g/mol. The molecule has 2 aliphatic heterocycles. The van der Waals surface area contributed by atoms with E-state index in [4.69, 9.17) is 14.2 Å². The molecule has 0 aromatic heterocycles. The van der Waals surface area contributed by atoms with Crippen LogP contribution in [0.2, 0.25) is 0 Å². The van der Waals surface area contributed by atoms with Crippen molar-refractivity contribution in [1.29, 1.82) is 0 Å². The van der Waals surface area contributed by atoms with Crippen LogP contribution in [-0.4, -0.2) is 132 Å². The molecule has 4 saturated carbocycles. The topological polar surface area (TPSA) is 227 Å². The Morgan fingerprint density at radius 3 is 2.04 bits per heavy atom. The van der Waals surface area contributed by atoms with E-state index in [0.29, 0.717) is 12.8 Å². The first-order valence-electron chi connectivity index (χ1n) is 18.3. The lowest BCUT2D eigenvalue weighted by Gasteiger charge is -2.70. The highest BCUT2D eigenvalue weighted by molar-refractivity contribution is 5.78. The SMILES string of the molecule is C[C@]12CC[C@H](O[C@@H]3O[C@H](CO)[C@@H](O)[C@H](O)[C@H]3O)[C@](C)(CO)[C@@H]1CC[C@]1(C)[C@@H]2CC[C@@H]2[C@@H]([C@]3(C(=O)O)C[C@H](O)[C@H](O)[C@](C)(CO)O3)CC[C@]21C. The molecule has 18 atom stereocenters. The minimum atomic E-state index is -1.75. The first-order chi connectivity index (χ1) is 22.8. The Balaban J connectivity index is 1.27. The second-order valence-electron chi connectivity index (χ2n) is 17.8. The minimum absolute atomic E-state index is 0.0227. The molecule has 6 aliphatic rings. The Morgan fingerprint density at radius 2 is 1.43 bits per heavy atom. The minimum Gasteiger partial charge on any atom is -0.479 e. The van der Waals surface area contributed by atoms with Gasteiger partial charge in [0.05, 0.1) is 32.0 Å². The summed E-state index contributed by atoms with van der Waals surface area (Å²) in [7, 11) is 0. The van der Waals surface area contributed by atoms with Gasteiger partial charge in [0, 0.05) is 17.8 Å². The van der Waals surface area contributed by atoms with E-state index in [0.717, 1.165) is 38.5 Å². The highest BCUT2D eigenvalue weighted by Gasteiger charge is 2.72. The van der Waals surface area contributed by atoms with Crippen LogP contribution in [0, 0.1) is 45.3 Å². The first kappa shape index (κ1) is 37.8. The summed E-state index contributed by atoms with van der Waals surface area (Å²) in [4.78, 5) is 13.2. The molecule has 0 aromatic carbocycles. The number of carboxylic acids is 1. The summed E-state index contributed by atoms with van der Waals surface area (Å²) in [5, 5.41) is 94.7. The van der Waals surface area contributed by atoms with Crippen molar-refractivity contribution in [3.63, 3.8) is 0 Å². The zero-order valence-electron chi connectivity index (χ0n) is 29.6. The Morgan fingerprint density at radius 1 is 0.755 bits per heavy atom. The Hall–Kier alpha value is -0.970. The van der Waals surface area contributed by atoms with E-state index in [9.17, 15) is 50.8 Å². The number of hydrogen-bond acceptors (Lipinski definition) is 12. The maximum atomic E-state index is 13.2. The highest BCUT2D eigenvalue weighted by atomic mass is 16.7. The molecule has 13 heteroatoms. The Labute approximate surface area is 288 Å². The second-order valence-corrected chi connectivity index (χ2v) is 17.8. The molecule has 6 rings (SSSR count). The van der Waals surface area contributed by atoms with Crippen molar-refractivity contribution in [1.82, 2.24) is 0 Å². The fourth-order valence-electron chi connectivity index (χ4n) is 12.9. The molecule has 2 saturated heterocycles. The van der Waals surface area contributed by atoms with E-state index in [-0.39, 0.29) is 47.0 Å². The van der Waals surface area contributed by atoms with Crippen LogP contribution in [0.25, 0.3) is 0 Å². The normalized spacial score (nSPS) is 57.6. The molecule has 4 aliphatic carbocycles. The van der Waals surface area contributed by atoms with Gasteiger partial charge in [0.1, 0.15) is 36.1 Å². The lowest BCUT2D eigenvalue weighted by atomic mass is 9.35. The lowest BCUT2D eigenvalue weighted by molar-refractivity contribution is -0.334. The zero-order chi connectivity index (χ0) is 36.1. The van der Waals surface area contributed by atoms with Crippen molar-refractivity contribution in [3.8, 4) is 0 Å². The third kappa shape index (κ3) is 5.15. The molecular formula is C36H60O13. The average Bonchev–Trinajstić information content (AvgIpc) is 3.43. The van der Waals surface area contributed by atoms with Gasteiger partial charge in [0.2, 0.25) is 0 Å². The van der Waals surface area contributed by atoms with Gasteiger partial charge in [-0.1, -0.05) is 27.7 Å². The van der Waals surface area contributed by atoms with Crippen LogP contribution >= 0.6 is 0 Å². The molecule has 6 fully saturated rings. The van der Waals surface area contributed by atoms with Crippen molar-refractivity contribution >= 4 is 5.97 Å². The maximum Gasteiger partial charge on any atom is 0.336 e. The maximum absolute atomic E-state index is 13.2. The van der Waals surface area contributed by atoms with Gasteiger partial charge in [0.15, 0.2) is 11.9 Å². The van der Waals surface area contributed by atoms with E-state index >= 15 is 0 Å². The Bertz CT molecular complexity index is 1250. The van der Waals surface area contributed by atoms with E-state index in [2.05, 4.69) is 20.8 Å². The summed E-state index contributed by atoms with van der Waals surface area (Å²) in [6.07, 6.45) is -4.56. The van der Waals surface area contributed by atoms with Gasteiger partial charge < -0.3 is 60.2 Å². The van der Waals surface area contributed by atoms with Gasteiger partial charge in [-0.2, -0.15) is 0 Å². The zero-order valence-corrected chi connectivity index (χ0v) is 29.6. The number of carbonyl (C=O) groups is 1. The largest absolute Gasteiger partial charge is 0.479 e. The number of aliphatic hydroxyl groups excluding tert-OH is 8. The van der Waals surface area contributed by atoms with Crippen molar-refractivity contribution in [2.24, 2.45) is 45.3 Å². The van der Waals surface area contributed by atoms with Crippen molar-refractivity contribution in [2.45, 2.75) is 153 Å². The smallest absolute Gasteiger partial charge is 0.336 e. The predicted molar refractivity (Wildman–Crippen MR) is 173 cm³/mol. The molecule has 0 aromatic rings. The standard InChI is InChI=1S/C36H60O13/c1-31-11-10-24(48-29-27(43)26(42)25(41)21(15-37)47-29)32(2,16-38)22(31)9-13-34(4)23(31)7-6-18-19(8-12-33(18,34)3)36(30(45)46)14-20(40)28(44)35(5,17-39)49-36/h18-29,37-44H,6-17H2,1-5H3,(H,45,46)/t18-,19+,20+,21-,22-,23-,24+,25-,26+,27-,28+,29+,31+,32-,33-,34-,35+,36+/m1/s1. The quantitative estimate of drug-likeness (QED) is 0.166. The van der Waals surface area contributed by atoms with Gasteiger partial charge in [-0.05, 0) is 92.3 Å². The van der Waals surface area contributed by atoms with Crippen molar-refractivity contribution in [3.05, 3.63) is 0 Å². The van der Waals surface area contributed by atoms with Crippen molar-refractivity contribution < 1.29 is 65.0 Å². The van der Waals surface area contributed by atoms with Crippen LogP contribution in [0.3, 0.4) is 0 Å². The Kier molecular flexibility index (Phi) is 9.69. The fourth-order valence-corrected chi connectivity index (χ4v) is 12.9. The summed E-state index contributed by atoms with van der Waals surface area (Å²) < 4.78 is 18.4. The lowest BCUT2D eigenvalue weighted by Crippen LogP contribution is -2.69. The number of fused-ring (bicyclic) bond motifs is 5. The van der Waals surface area contributed by atoms with E-state index < -0.39 is 90.7 Å². The van der Waals surface area contributed by atoms with Crippen LogP contribution in [0.4, 0.5) is 0 Å². The molecule has 0 unspecified atom stereocenters. The van der Waals surface area contributed by atoms with Gasteiger partial charge in [-0.3, -0.25) is 0 Å². The van der Waals surface area contributed by atoms with Crippen LogP contribution in [0.1, 0.15) is 92.4 Å². The summed E-state index contributed by atoms with van der Waals surface area (Å²) in [6.45, 7) is 9.09. The third-order valence-electron chi connectivity index (χ3n) is 15.8. The summed E-state index contributed by atoms with van der Waals surface area (Å²) >= 11 is 0. The summed E-state index contributed by atoms with van der Waals surface area (Å²) in [5.41, 5.74) is -4.73.